The molecule has 0 fully saturated rings. The molecule has 2 rings (SSSR count). The number of aryl methyl sites for hydroxylation is 1. The summed E-state index contributed by atoms with van der Waals surface area (Å²) < 4.78 is 0. The maximum Gasteiger partial charge on any atom is 0.303 e. The normalized spacial score (nSPS) is 11.9. The van der Waals surface area contributed by atoms with Crippen molar-refractivity contribution in [2.75, 3.05) is 10.6 Å². The van der Waals surface area contributed by atoms with Gasteiger partial charge in [0.1, 0.15) is 5.75 Å². The van der Waals surface area contributed by atoms with Gasteiger partial charge < -0.3 is 31.1 Å². The van der Waals surface area contributed by atoms with Gasteiger partial charge in [-0.05, 0) is 55.0 Å². The molecule has 2 unspecified atom stereocenters. The summed E-state index contributed by atoms with van der Waals surface area (Å²) in [6.45, 7) is 6.83. The van der Waals surface area contributed by atoms with E-state index in [1.54, 1.807) is 39.0 Å². The fourth-order valence-electron chi connectivity index (χ4n) is 3.32. The number of carboxylic acids is 2. The third-order valence-corrected chi connectivity index (χ3v) is 6.09. The van der Waals surface area contributed by atoms with Gasteiger partial charge >= 0.3 is 11.9 Å². The van der Waals surface area contributed by atoms with Gasteiger partial charge in [-0.1, -0.05) is 43.1 Å². The number of hydrogen-bond donors (Lipinski definition) is 6. The Labute approximate surface area is 230 Å². The molecule has 2 aromatic rings. The lowest BCUT2D eigenvalue weighted by Gasteiger charge is -2.13. The summed E-state index contributed by atoms with van der Waals surface area (Å²) in [6, 6.07) is 6.34. The molecule has 0 saturated carbocycles. The summed E-state index contributed by atoms with van der Waals surface area (Å²) in [5.74, 6) is -3.40. The Morgan fingerprint density at radius 2 is 1.26 bits per heavy atom. The molecule has 10 nitrogen and oxygen atoms in total. The average Bonchev–Trinajstić information content (AvgIpc) is 2.77. The van der Waals surface area contributed by atoms with Gasteiger partial charge in [-0.3, -0.25) is 19.2 Å². The molecule has 0 aliphatic heterocycles. The zero-order chi connectivity index (χ0) is 29.2. The number of hydrogen-bond acceptors (Lipinski definition) is 6. The van der Waals surface area contributed by atoms with Crippen molar-refractivity contribution in [2.24, 2.45) is 11.8 Å². The monoisotopic (exact) mass is 570 g/mol. The van der Waals surface area contributed by atoms with Gasteiger partial charge in [0, 0.05) is 30.7 Å². The van der Waals surface area contributed by atoms with Gasteiger partial charge in [-0.2, -0.15) is 0 Å². The van der Waals surface area contributed by atoms with Gasteiger partial charge in [0.2, 0.25) is 11.8 Å². The van der Waals surface area contributed by atoms with Crippen molar-refractivity contribution in [2.45, 2.75) is 53.4 Å². The highest BCUT2D eigenvalue weighted by Crippen LogP contribution is 2.38. The Bertz CT molecular complexity index is 1190. The number of benzene rings is 2. The fourth-order valence-corrected chi connectivity index (χ4v) is 3.78. The second kappa shape index (κ2) is 15.0. The number of aromatic hydroxyl groups is 2. The van der Waals surface area contributed by atoms with Gasteiger partial charge in [0.15, 0.2) is 5.75 Å². The number of aliphatic carboxylic acids is 2. The Morgan fingerprint density at radius 3 is 1.71 bits per heavy atom. The summed E-state index contributed by atoms with van der Waals surface area (Å²) in [4.78, 5) is 44.4. The molecular formula is C26H32Cl2N2O8. The Morgan fingerprint density at radius 1 is 0.789 bits per heavy atom. The van der Waals surface area contributed by atoms with Crippen molar-refractivity contribution in [1.29, 1.82) is 0 Å². The predicted octanol–water partition coefficient (Wildman–Crippen LogP) is 5.59. The molecule has 2 aromatic carbocycles. The van der Waals surface area contributed by atoms with Gasteiger partial charge in [0.05, 0.1) is 16.4 Å². The highest BCUT2D eigenvalue weighted by atomic mass is 35.5. The van der Waals surface area contributed by atoms with E-state index in [0.717, 1.165) is 5.56 Å². The first-order valence-corrected chi connectivity index (χ1v) is 12.4. The molecule has 0 heterocycles. The first-order chi connectivity index (χ1) is 17.6. The molecule has 2 atom stereocenters. The highest BCUT2D eigenvalue weighted by molar-refractivity contribution is 6.37. The Balaban J connectivity index is 0.000000382. The number of carboxylic acid groups (broad SMARTS) is 2. The van der Waals surface area contributed by atoms with Crippen LogP contribution in [0.1, 0.15) is 50.7 Å². The summed E-state index contributed by atoms with van der Waals surface area (Å²) in [5, 5.41) is 42.1. The second-order valence-corrected chi connectivity index (χ2v) is 9.91. The van der Waals surface area contributed by atoms with E-state index in [9.17, 15) is 29.4 Å². The number of carbonyl (C=O) groups is 4. The van der Waals surface area contributed by atoms with Crippen LogP contribution in [0.15, 0.2) is 24.3 Å². The van der Waals surface area contributed by atoms with Crippen molar-refractivity contribution in [3.63, 3.8) is 0 Å². The second-order valence-electron chi connectivity index (χ2n) is 9.12. The molecule has 12 heteroatoms. The number of nitrogens with one attached hydrogen (secondary N) is 2. The molecule has 0 aliphatic carbocycles. The first kappa shape index (κ1) is 32.5. The van der Waals surface area contributed by atoms with E-state index in [-0.39, 0.29) is 65.6 Å². The molecule has 0 bridgehead atoms. The fraction of sp³-hybridized carbons (Fsp3) is 0.385. The number of rotatable bonds is 10. The first-order valence-electron chi connectivity index (χ1n) is 11.6. The zero-order valence-corrected chi connectivity index (χ0v) is 23.0. The lowest BCUT2D eigenvalue weighted by Crippen LogP contribution is -2.17. The van der Waals surface area contributed by atoms with E-state index in [4.69, 9.17) is 33.4 Å². The van der Waals surface area contributed by atoms with E-state index in [2.05, 4.69) is 10.6 Å². The number of anilines is 2. The average molecular weight is 571 g/mol. The molecular weight excluding hydrogens is 539 g/mol. The lowest BCUT2D eigenvalue weighted by molar-refractivity contribution is -0.139. The van der Waals surface area contributed by atoms with Crippen molar-refractivity contribution >= 4 is 58.3 Å². The molecule has 0 aromatic heterocycles. The largest absolute Gasteiger partial charge is 0.506 e. The Hall–Kier alpha value is -3.50. The molecule has 0 spiro atoms. The minimum absolute atomic E-state index is 0.00855. The highest BCUT2D eigenvalue weighted by Gasteiger charge is 2.17. The standard InChI is InChI=1S/C13H15Cl2NO4.C13H17NO4/c1-6(4-11(18)19)3-10(17)16-9-5-8(14)7(2)12(15)13(9)20;1-8-3-4-10(11(15)5-8)14-12(16)6-9(2)7-13(17)18/h5-6,20H,3-4H2,1-2H3,(H,16,17)(H,18,19);3-5,9,15H,6-7H2,1-2H3,(H,14,16)(H,17,18). The molecule has 6 N–H and O–H groups in total. The quantitative estimate of drug-likeness (QED) is 0.200. The van der Waals surface area contributed by atoms with Gasteiger partial charge in [0.25, 0.3) is 0 Å². The number of amides is 2. The predicted molar refractivity (Wildman–Crippen MR) is 145 cm³/mol. The SMILES string of the molecule is Cc1c(Cl)cc(NC(=O)CC(C)CC(=O)O)c(O)c1Cl.Cc1ccc(NC(=O)CC(C)CC(=O)O)c(O)c1. The maximum absolute atomic E-state index is 11.8. The van der Waals surface area contributed by atoms with E-state index in [1.165, 1.54) is 6.07 Å². The van der Waals surface area contributed by atoms with Crippen LogP contribution in [0.2, 0.25) is 10.0 Å². The molecule has 208 valence electrons. The van der Waals surface area contributed by atoms with Crippen LogP contribution in [0.4, 0.5) is 11.4 Å². The van der Waals surface area contributed by atoms with Crippen LogP contribution in [0.25, 0.3) is 0 Å². The number of phenols is 2. The third kappa shape index (κ3) is 11.3. The Kier molecular flexibility index (Phi) is 12.9. The van der Waals surface area contributed by atoms with Crippen molar-refractivity contribution in [1.82, 2.24) is 0 Å². The van der Waals surface area contributed by atoms with Crippen LogP contribution in [0, 0.1) is 25.7 Å². The van der Waals surface area contributed by atoms with Crippen LogP contribution in [-0.2, 0) is 19.2 Å². The molecule has 0 radical (unpaired) electrons. The number of phenolic OH excluding ortho intramolecular Hbond substituents is 2. The minimum atomic E-state index is -0.963. The van der Waals surface area contributed by atoms with Gasteiger partial charge in [-0.25, -0.2) is 0 Å². The van der Waals surface area contributed by atoms with Crippen LogP contribution < -0.4 is 10.6 Å². The van der Waals surface area contributed by atoms with E-state index >= 15 is 0 Å². The number of carbonyl (C=O) groups excluding carboxylic acids is 2. The summed E-state index contributed by atoms with van der Waals surface area (Å²) >= 11 is 11.8. The van der Waals surface area contributed by atoms with Crippen LogP contribution >= 0.6 is 23.2 Å². The number of halogens is 2. The summed E-state index contributed by atoms with van der Waals surface area (Å²) in [7, 11) is 0. The van der Waals surface area contributed by atoms with Gasteiger partial charge in [-0.15, -0.1) is 0 Å². The van der Waals surface area contributed by atoms with E-state index in [0.29, 0.717) is 16.3 Å². The molecule has 2 amide bonds. The van der Waals surface area contributed by atoms with Crippen molar-refractivity contribution < 1.29 is 39.6 Å². The smallest absolute Gasteiger partial charge is 0.303 e. The van der Waals surface area contributed by atoms with Crippen LogP contribution in [0.5, 0.6) is 11.5 Å². The maximum atomic E-state index is 11.8. The van der Waals surface area contributed by atoms with E-state index < -0.39 is 17.8 Å². The third-order valence-electron chi connectivity index (χ3n) is 5.24. The summed E-state index contributed by atoms with van der Waals surface area (Å²) in [6.07, 6.45) is -0.0173. The molecule has 0 saturated heterocycles. The molecule has 38 heavy (non-hydrogen) atoms. The van der Waals surface area contributed by atoms with Crippen LogP contribution in [0.3, 0.4) is 0 Å². The minimum Gasteiger partial charge on any atom is -0.506 e. The zero-order valence-electron chi connectivity index (χ0n) is 21.5. The topological polar surface area (TPSA) is 173 Å². The van der Waals surface area contributed by atoms with Crippen molar-refractivity contribution in [3.05, 3.63) is 45.4 Å². The molecule has 0 aliphatic rings. The van der Waals surface area contributed by atoms with Crippen LogP contribution in [-0.4, -0.2) is 44.2 Å². The van der Waals surface area contributed by atoms with Crippen molar-refractivity contribution in [3.8, 4) is 11.5 Å². The van der Waals surface area contributed by atoms with E-state index in [1.807, 2.05) is 6.92 Å². The summed E-state index contributed by atoms with van der Waals surface area (Å²) in [5.41, 5.74) is 1.86. The lowest BCUT2D eigenvalue weighted by atomic mass is 10.0.